The smallest absolute Gasteiger partial charge is 0.333 e. The van der Waals surface area contributed by atoms with Crippen molar-refractivity contribution in [2.45, 2.75) is 26.1 Å². The SMILES string of the molecule is C=C(C)C(=O)OC[C@H](OC(=O)C(=C)C)[C@H](O)CO. The minimum absolute atomic E-state index is 0.136. The Kier molecular flexibility index (Phi) is 6.92. The van der Waals surface area contributed by atoms with Crippen molar-refractivity contribution in [2.75, 3.05) is 13.2 Å². The van der Waals surface area contributed by atoms with Crippen molar-refractivity contribution >= 4 is 11.9 Å². The first-order chi connectivity index (χ1) is 8.29. The van der Waals surface area contributed by atoms with Gasteiger partial charge in [0.15, 0.2) is 6.10 Å². The van der Waals surface area contributed by atoms with Crippen LogP contribution in [-0.4, -0.2) is 47.6 Å². The van der Waals surface area contributed by atoms with Crippen molar-refractivity contribution in [3.63, 3.8) is 0 Å². The number of carbonyl (C=O) groups excluding carboxylic acids is 2. The molecule has 0 amide bonds. The standard InChI is InChI=1S/C12H18O6/c1-7(2)11(15)17-6-10(9(14)5-13)18-12(16)8(3)4/h9-10,13-14H,1,3,5-6H2,2,4H3/t9-,10+/m1/s1. The molecule has 0 radical (unpaired) electrons. The van der Waals surface area contributed by atoms with Crippen LogP contribution >= 0.6 is 0 Å². The van der Waals surface area contributed by atoms with Crippen molar-refractivity contribution in [3.8, 4) is 0 Å². The van der Waals surface area contributed by atoms with Crippen LogP contribution in [0, 0.1) is 0 Å². The highest BCUT2D eigenvalue weighted by Crippen LogP contribution is 2.06. The molecule has 0 aromatic carbocycles. The Morgan fingerprint density at radius 2 is 1.67 bits per heavy atom. The van der Waals surface area contributed by atoms with E-state index in [2.05, 4.69) is 13.2 Å². The van der Waals surface area contributed by atoms with E-state index in [1.54, 1.807) is 0 Å². The molecule has 0 aliphatic heterocycles. The van der Waals surface area contributed by atoms with Crippen LogP contribution in [-0.2, 0) is 19.1 Å². The van der Waals surface area contributed by atoms with Gasteiger partial charge in [-0.25, -0.2) is 9.59 Å². The van der Waals surface area contributed by atoms with Crippen molar-refractivity contribution in [3.05, 3.63) is 24.3 Å². The van der Waals surface area contributed by atoms with E-state index in [1.165, 1.54) is 13.8 Å². The van der Waals surface area contributed by atoms with Gasteiger partial charge in [0.1, 0.15) is 12.7 Å². The summed E-state index contributed by atoms with van der Waals surface area (Å²) >= 11 is 0. The minimum atomic E-state index is -1.34. The van der Waals surface area contributed by atoms with E-state index >= 15 is 0 Å². The van der Waals surface area contributed by atoms with E-state index in [4.69, 9.17) is 14.6 Å². The average Bonchev–Trinajstić information content (AvgIpc) is 2.32. The van der Waals surface area contributed by atoms with Crippen molar-refractivity contribution in [2.24, 2.45) is 0 Å². The molecule has 6 heteroatoms. The highest BCUT2D eigenvalue weighted by molar-refractivity contribution is 5.87. The van der Waals surface area contributed by atoms with E-state index in [-0.39, 0.29) is 17.8 Å². The Morgan fingerprint density at radius 1 is 1.17 bits per heavy atom. The lowest BCUT2D eigenvalue weighted by molar-refractivity contribution is -0.162. The van der Waals surface area contributed by atoms with Crippen LogP contribution in [0.5, 0.6) is 0 Å². The van der Waals surface area contributed by atoms with Crippen molar-refractivity contribution in [1.82, 2.24) is 0 Å². The molecule has 0 rings (SSSR count). The quantitative estimate of drug-likeness (QED) is 0.491. The van der Waals surface area contributed by atoms with Crippen LogP contribution in [0.15, 0.2) is 24.3 Å². The molecular weight excluding hydrogens is 240 g/mol. The number of carbonyl (C=O) groups is 2. The molecule has 18 heavy (non-hydrogen) atoms. The number of esters is 2. The van der Waals surface area contributed by atoms with Crippen LogP contribution in [0.3, 0.4) is 0 Å². The molecule has 0 saturated heterocycles. The van der Waals surface area contributed by atoms with Crippen molar-refractivity contribution in [1.29, 1.82) is 0 Å². The van der Waals surface area contributed by atoms with E-state index in [9.17, 15) is 14.7 Å². The molecule has 2 N–H and O–H groups in total. The number of hydrogen-bond donors (Lipinski definition) is 2. The number of ether oxygens (including phenoxy) is 2. The van der Waals surface area contributed by atoms with Crippen molar-refractivity contribution < 1.29 is 29.3 Å². The van der Waals surface area contributed by atoms with Gasteiger partial charge in [0.05, 0.1) is 6.61 Å². The lowest BCUT2D eigenvalue weighted by Gasteiger charge is -2.21. The molecule has 6 nitrogen and oxygen atoms in total. The zero-order valence-corrected chi connectivity index (χ0v) is 10.5. The maximum atomic E-state index is 11.3. The third-order valence-electron chi connectivity index (χ3n) is 1.95. The number of hydrogen-bond acceptors (Lipinski definition) is 6. The van der Waals surface area contributed by atoms with Crippen LogP contribution < -0.4 is 0 Å². The Morgan fingerprint density at radius 3 is 2.06 bits per heavy atom. The molecule has 0 heterocycles. The third kappa shape index (κ3) is 5.60. The monoisotopic (exact) mass is 258 g/mol. The second kappa shape index (κ2) is 7.62. The zero-order valence-electron chi connectivity index (χ0n) is 10.5. The topological polar surface area (TPSA) is 93.1 Å². The number of rotatable bonds is 7. The van der Waals surface area contributed by atoms with Gasteiger partial charge in [0.25, 0.3) is 0 Å². The normalized spacial score (nSPS) is 13.3. The fourth-order valence-corrected chi connectivity index (χ4v) is 0.860. The van der Waals surface area contributed by atoms with Crippen LogP contribution in [0.4, 0.5) is 0 Å². The highest BCUT2D eigenvalue weighted by Gasteiger charge is 2.25. The molecule has 0 aromatic heterocycles. The molecule has 0 aliphatic carbocycles. The molecule has 0 fully saturated rings. The summed E-state index contributed by atoms with van der Waals surface area (Å²) in [5, 5.41) is 18.2. The minimum Gasteiger partial charge on any atom is -0.458 e. The largest absolute Gasteiger partial charge is 0.458 e. The predicted molar refractivity (Wildman–Crippen MR) is 63.6 cm³/mol. The van der Waals surface area contributed by atoms with Gasteiger partial charge >= 0.3 is 11.9 Å². The molecule has 0 unspecified atom stereocenters. The Hall–Kier alpha value is -1.66. The lowest BCUT2D eigenvalue weighted by atomic mass is 10.2. The third-order valence-corrected chi connectivity index (χ3v) is 1.95. The summed E-state index contributed by atoms with van der Waals surface area (Å²) < 4.78 is 9.59. The van der Waals surface area contributed by atoms with Gasteiger partial charge in [0, 0.05) is 11.1 Å². The second-order valence-corrected chi connectivity index (χ2v) is 3.85. The molecule has 0 bridgehead atoms. The Labute approximate surface area is 106 Å². The first-order valence-electron chi connectivity index (χ1n) is 5.27. The van der Waals surface area contributed by atoms with Crippen LogP contribution in [0.2, 0.25) is 0 Å². The van der Waals surface area contributed by atoms with Gasteiger partial charge in [-0.3, -0.25) is 0 Å². The lowest BCUT2D eigenvalue weighted by Crippen LogP contribution is -2.38. The van der Waals surface area contributed by atoms with Gasteiger partial charge in [-0.2, -0.15) is 0 Å². The van der Waals surface area contributed by atoms with Gasteiger partial charge in [-0.15, -0.1) is 0 Å². The van der Waals surface area contributed by atoms with E-state index in [1.807, 2.05) is 0 Å². The Balaban J connectivity index is 4.50. The fraction of sp³-hybridized carbons (Fsp3) is 0.500. The van der Waals surface area contributed by atoms with E-state index in [0.717, 1.165) is 0 Å². The van der Waals surface area contributed by atoms with E-state index < -0.39 is 30.8 Å². The summed E-state index contributed by atoms with van der Waals surface area (Å²) in [4.78, 5) is 22.4. The Bertz CT molecular complexity index is 346. The van der Waals surface area contributed by atoms with Crippen LogP contribution in [0.25, 0.3) is 0 Å². The fourth-order valence-electron chi connectivity index (χ4n) is 0.860. The molecule has 2 atom stereocenters. The van der Waals surface area contributed by atoms with Gasteiger partial charge in [-0.1, -0.05) is 13.2 Å². The first-order valence-corrected chi connectivity index (χ1v) is 5.27. The maximum Gasteiger partial charge on any atom is 0.333 e. The average molecular weight is 258 g/mol. The maximum absolute atomic E-state index is 11.3. The van der Waals surface area contributed by atoms with Crippen LogP contribution in [0.1, 0.15) is 13.8 Å². The van der Waals surface area contributed by atoms with Gasteiger partial charge in [0.2, 0.25) is 0 Å². The highest BCUT2D eigenvalue weighted by atomic mass is 16.6. The molecular formula is C12H18O6. The second-order valence-electron chi connectivity index (χ2n) is 3.85. The molecule has 0 aliphatic rings. The zero-order chi connectivity index (χ0) is 14.3. The number of aliphatic hydroxyl groups excluding tert-OH is 2. The molecule has 102 valence electrons. The molecule has 0 saturated carbocycles. The predicted octanol–water partition coefficient (Wildman–Crippen LogP) is -0.0532. The summed E-state index contributed by atoms with van der Waals surface area (Å²) in [7, 11) is 0. The summed E-state index contributed by atoms with van der Waals surface area (Å²) in [6.45, 7) is 8.65. The summed E-state index contributed by atoms with van der Waals surface area (Å²) in [6.07, 6.45) is -2.49. The summed E-state index contributed by atoms with van der Waals surface area (Å²) in [6, 6.07) is 0. The summed E-state index contributed by atoms with van der Waals surface area (Å²) in [5.74, 6) is -1.41. The molecule has 0 aromatic rings. The van der Waals surface area contributed by atoms with Gasteiger partial charge in [-0.05, 0) is 13.8 Å². The van der Waals surface area contributed by atoms with E-state index in [0.29, 0.717) is 0 Å². The first kappa shape index (κ1) is 16.3. The number of aliphatic hydroxyl groups is 2. The van der Waals surface area contributed by atoms with Gasteiger partial charge < -0.3 is 19.7 Å². The summed E-state index contributed by atoms with van der Waals surface area (Å²) in [5.41, 5.74) is 0.315. The molecule has 0 spiro atoms.